The van der Waals surface area contributed by atoms with Crippen molar-refractivity contribution in [2.75, 3.05) is 18.4 Å². The van der Waals surface area contributed by atoms with E-state index in [-0.39, 0.29) is 29.9 Å². The normalized spacial score (nSPS) is 12.3. The molecule has 24 heavy (non-hydrogen) atoms. The molecule has 1 aromatic heterocycles. The molecule has 0 spiro atoms. The highest BCUT2D eigenvalue weighted by atomic mass is 127. The van der Waals surface area contributed by atoms with E-state index in [2.05, 4.69) is 46.7 Å². The number of pyridine rings is 1. The molecule has 0 saturated carbocycles. The second-order valence-electron chi connectivity index (χ2n) is 5.96. The Morgan fingerprint density at radius 1 is 1.29 bits per heavy atom. The Morgan fingerprint density at radius 2 is 2.00 bits per heavy atom. The Balaban J connectivity index is 0.00000529. The number of aryl methyl sites for hydroxylation is 1. The molecule has 1 rings (SSSR count). The molecular weight excluding hydrogens is 417 g/mol. The largest absolute Gasteiger partial charge is 0.357 e. The van der Waals surface area contributed by atoms with Gasteiger partial charge in [0.1, 0.15) is 5.82 Å². The average molecular weight is 447 g/mol. The molecule has 6 nitrogen and oxygen atoms in total. The number of carbonyl (C=O) groups excluding carboxylic acids is 1. The maximum Gasteiger partial charge on any atom is 0.227 e. The monoisotopic (exact) mass is 447 g/mol. The topological polar surface area (TPSA) is 78.4 Å². The smallest absolute Gasteiger partial charge is 0.227 e. The van der Waals surface area contributed by atoms with Gasteiger partial charge in [0.25, 0.3) is 0 Å². The molecule has 7 heteroatoms. The van der Waals surface area contributed by atoms with E-state index in [0.29, 0.717) is 30.7 Å². The Bertz CT molecular complexity index is 516. The second kappa shape index (κ2) is 12.0. The summed E-state index contributed by atoms with van der Waals surface area (Å²) in [6.45, 7) is 11.6. The summed E-state index contributed by atoms with van der Waals surface area (Å²) in [7, 11) is 0. The minimum atomic E-state index is -0.0853. The molecule has 3 N–H and O–H groups in total. The lowest BCUT2D eigenvalue weighted by atomic mass is 10.1. The van der Waals surface area contributed by atoms with Gasteiger partial charge in [0.15, 0.2) is 5.96 Å². The number of aromatic nitrogens is 1. The van der Waals surface area contributed by atoms with Crippen molar-refractivity contribution in [1.82, 2.24) is 15.6 Å². The van der Waals surface area contributed by atoms with Crippen LogP contribution in [-0.4, -0.2) is 36.0 Å². The van der Waals surface area contributed by atoms with E-state index >= 15 is 0 Å². The molecule has 0 aromatic carbocycles. The van der Waals surface area contributed by atoms with Gasteiger partial charge in [-0.25, -0.2) is 4.98 Å². The zero-order valence-electron chi connectivity index (χ0n) is 15.2. The molecule has 0 radical (unpaired) electrons. The fourth-order valence-electron chi connectivity index (χ4n) is 1.72. The van der Waals surface area contributed by atoms with Crippen molar-refractivity contribution in [3.05, 3.63) is 23.9 Å². The van der Waals surface area contributed by atoms with Crippen LogP contribution in [0.3, 0.4) is 0 Å². The summed E-state index contributed by atoms with van der Waals surface area (Å²) in [6.07, 6.45) is 2.05. The zero-order chi connectivity index (χ0) is 17.2. The minimum absolute atomic E-state index is 0. The number of guanidine groups is 1. The lowest BCUT2D eigenvalue weighted by molar-refractivity contribution is -0.116. The van der Waals surface area contributed by atoms with E-state index in [0.717, 1.165) is 18.1 Å². The van der Waals surface area contributed by atoms with Crippen LogP contribution in [0.5, 0.6) is 0 Å². The number of carbonyl (C=O) groups is 1. The van der Waals surface area contributed by atoms with E-state index in [1.54, 1.807) is 12.3 Å². The van der Waals surface area contributed by atoms with Crippen LogP contribution < -0.4 is 16.0 Å². The van der Waals surface area contributed by atoms with Crippen LogP contribution in [0.1, 0.15) is 39.7 Å². The van der Waals surface area contributed by atoms with Gasteiger partial charge < -0.3 is 16.0 Å². The quantitative estimate of drug-likeness (QED) is 0.341. The second-order valence-corrected chi connectivity index (χ2v) is 5.96. The van der Waals surface area contributed by atoms with E-state index < -0.39 is 0 Å². The molecule has 0 aliphatic carbocycles. The first-order valence-electron chi connectivity index (χ1n) is 8.19. The molecule has 1 atom stereocenters. The number of rotatable bonds is 7. The standard InChI is InChI=1S/C17H29N5O.HI/c1-6-18-17(21-14(5)12(2)3)19-10-9-16(23)22-15-8-7-13(4)11-20-15;/h7-8,11-12,14H,6,9-10H2,1-5H3,(H2,18,19,21)(H,20,22,23);1H. The molecule has 0 saturated heterocycles. The van der Waals surface area contributed by atoms with Crippen molar-refractivity contribution < 1.29 is 4.79 Å². The van der Waals surface area contributed by atoms with Crippen LogP contribution >= 0.6 is 24.0 Å². The molecule has 0 aliphatic heterocycles. The van der Waals surface area contributed by atoms with Crippen LogP contribution in [0.15, 0.2) is 23.3 Å². The van der Waals surface area contributed by atoms with E-state index in [1.165, 1.54) is 0 Å². The van der Waals surface area contributed by atoms with Crippen molar-refractivity contribution >= 4 is 41.7 Å². The number of hydrogen-bond donors (Lipinski definition) is 3. The lowest BCUT2D eigenvalue weighted by Gasteiger charge is -2.20. The van der Waals surface area contributed by atoms with Crippen LogP contribution in [0.4, 0.5) is 5.82 Å². The zero-order valence-corrected chi connectivity index (χ0v) is 17.5. The van der Waals surface area contributed by atoms with Gasteiger partial charge in [-0.05, 0) is 38.3 Å². The fourth-order valence-corrected chi connectivity index (χ4v) is 1.72. The lowest BCUT2D eigenvalue weighted by Crippen LogP contribution is -2.44. The summed E-state index contributed by atoms with van der Waals surface area (Å²) < 4.78 is 0. The Morgan fingerprint density at radius 3 is 2.54 bits per heavy atom. The fraction of sp³-hybridized carbons (Fsp3) is 0.588. The van der Waals surface area contributed by atoms with Crippen LogP contribution in [0.25, 0.3) is 0 Å². The van der Waals surface area contributed by atoms with Gasteiger partial charge in [-0.3, -0.25) is 9.79 Å². The first-order chi connectivity index (χ1) is 10.9. The first kappa shape index (κ1) is 22.6. The first-order valence-corrected chi connectivity index (χ1v) is 8.19. The van der Waals surface area contributed by atoms with E-state index in [4.69, 9.17) is 0 Å². The third-order valence-corrected chi connectivity index (χ3v) is 3.50. The van der Waals surface area contributed by atoms with Gasteiger partial charge in [-0.1, -0.05) is 19.9 Å². The predicted octanol–water partition coefficient (Wildman–Crippen LogP) is 2.94. The maximum atomic E-state index is 11.9. The van der Waals surface area contributed by atoms with Crippen LogP contribution in [0.2, 0.25) is 0 Å². The van der Waals surface area contributed by atoms with Gasteiger partial charge in [0.2, 0.25) is 5.91 Å². The molecule has 136 valence electrons. The highest BCUT2D eigenvalue weighted by Gasteiger charge is 2.09. The summed E-state index contributed by atoms with van der Waals surface area (Å²) in [6, 6.07) is 4.03. The van der Waals surface area contributed by atoms with Gasteiger partial charge >= 0.3 is 0 Å². The summed E-state index contributed by atoms with van der Waals surface area (Å²) >= 11 is 0. The van der Waals surface area contributed by atoms with Crippen molar-refractivity contribution in [3.63, 3.8) is 0 Å². The van der Waals surface area contributed by atoms with E-state index in [9.17, 15) is 4.79 Å². The molecular formula is C17H30IN5O. The third kappa shape index (κ3) is 9.05. The number of aliphatic imine (C=N–C) groups is 1. The van der Waals surface area contributed by atoms with Crippen molar-refractivity contribution in [3.8, 4) is 0 Å². The van der Waals surface area contributed by atoms with Gasteiger partial charge in [-0.2, -0.15) is 0 Å². The molecule has 0 bridgehead atoms. The molecule has 0 fully saturated rings. The van der Waals surface area contributed by atoms with Crippen molar-refractivity contribution in [1.29, 1.82) is 0 Å². The van der Waals surface area contributed by atoms with Gasteiger partial charge in [-0.15, -0.1) is 24.0 Å². The van der Waals surface area contributed by atoms with Gasteiger partial charge in [0.05, 0.1) is 6.54 Å². The number of nitrogens with zero attached hydrogens (tertiary/aromatic N) is 2. The van der Waals surface area contributed by atoms with Crippen molar-refractivity contribution in [2.45, 2.75) is 47.1 Å². The minimum Gasteiger partial charge on any atom is -0.357 e. The summed E-state index contributed by atoms with van der Waals surface area (Å²) in [5.74, 6) is 1.74. The Kier molecular flexibility index (Phi) is 11.4. The van der Waals surface area contributed by atoms with Gasteiger partial charge in [0, 0.05) is 25.2 Å². The molecule has 0 aliphatic rings. The number of amides is 1. The highest BCUT2D eigenvalue weighted by molar-refractivity contribution is 14.0. The number of anilines is 1. The van der Waals surface area contributed by atoms with Crippen LogP contribution in [-0.2, 0) is 4.79 Å². The highest BCUT2D eigenvalue weighted by Crippen LogP contribution is 2.04. The third-order valence-electron chi connectivity index (χ3n) is 3.50. The Labute approximate surface area is 162 Å². The number of nitrogens with one attached hydrogen (secondary N) is 3. The summed E-state index contributed by atoms with van der Waals surface area (Å²) in [4.78, 5) is 20.5. The summed E-state index contributed by atoms with van der Waals surface area (Å²) in [5, 5.41) is 9.31. The average Bonchev–Trinajstić information content (AvgIpc) is 2.49. The Hall–Kier alpha value is -1.38. The molecule has 1 heterocycles. The predicted molar refractivity (Wildman–Crippen MR) is 111 cm³/mol. The number of hydrogen-bond acceptors (Lipinski definition) is 3. The van der Waals surface area contributed by atoms with Crippen LogP contribution in [0, 0.1) is 12.8 Å². The maximum absolute atomic E-state index is 11.9. The summed E-state index contributed by atoms with van der Waals surface area (Å²) in [5.41, 5.74) is 1.06. The van der Waals surface area contributed by atoms with Crippen molar-refractivity contribution in [2.24, 2.45) is 10.9 Å². The SMILES string of the molecule is CCNC(=NCCC(=O)Nc1ccc(C)cn1)NC(C)C(C)C.I. The number of halogens is 1. The molecule has 1 amide bonds. The molecule has 1 unspecified atom stereocenters. The molecule has 1 aromatic rings. The van der Waals surface area contributed by atoms with E-state index in [1.807, 2.05) is 19.9 Å².